The summed E-state index contributed by atoms with van der Waals surface area (Å²) in [5, 5.41) is 11.8. The number of thiophene rings is 1. The number of hydrogen-bond acceptors (Lipinski definition) is 3. The van der Waals surface area contributed by atoms with Gasteiger partial charge in [-0.3, -0.25) is 0 Å². The summed E-state index contributed by atoms with van der Waals surface area (Å²) < 4.78 is 1.15. The van der Waals surface area contributed by atoms with Gasteiger partial charge in [-0.05, 0) is 35.0 Å². The molecule has 0 radical (unpaired) electrons. The number of aliphatic hydroxyl groups excluding tert-OH is 1. The van der Waals surface area contributed by atoms with Crippen LogP contribution in [0.4, 0.5) is 0 Å². The normalized spacial score (nSPS) is 12.2. The van der Waals surface area contributed by atoms with E-state index >= 15 is 0 Å². The van der Waals surface area contributed by atoms with Crippen molar-refractivity contribution in [2.45, 2.75) is 13.0 Å². The molecular weight excluding hydrogens is 274 g/mol. The van der Waals surface area contributed by atoms with E-state index in [4.69, 9.17) is 5.11 Å². The molecule has 1 unspecified atom stereocenters. The summed E-state index contributed by atoms with van der Waals surface area (Å²) in [6, 6.07) is 4.45. The minimum Gasteiger partial charge on any atom is -0.395 e. The number of rotatable bonds is 4. The van der Waals surface area contributed by atoms with Crippen molar-refractivity contribution in [3.05, 3.63) is 20.8 Å². The quantitative estimate of drug-likeness (QED) is 0.892. The van der Waals surface area contributed by atoms with E-state index in [9.17, 15) is 0 Å². The molecule has 0 saturated carbocycles. The van der Waals surface area contributed by atoms with E-state index in [1.165, 1.54) is 4.88 Å². The Hall–Kier alpha value is 0.390. The highest BCUT2D eigenvalue weighted by Gasteiger charge is 2.05. The minimum absolute atomic E-state index is 0. The standard InChI is InChI=1S/C8H12BrNOS.ClH/c1-6(10-4-5-11)7-2-3-8(9)12-7;/h2-3,6,10-11H,4-5H2,1H3;1H. The monoisotopic (exact) mass is 285 g/mol. The molecule has 5 heteroatoms. The van der Waals surface area contributed by atoms with Crippen molar-refractivity contribution >= 4 is 39.7 Å². The van der Waals surface area contributed by atoms with Crippen LogP contribution in [-0.4, -0.2) is 18.3 Å². The molecule has 0 aliphatic carbocycles. The first-order valence-corrected chi connectivity index (χ1v) is 5.44. The van der Waals surface area contributed by atoms with Gasteiger partial charge in [0.15, 0.2) is 0 Å². The Morgan fingerprint density at radius 1 is 1.62 bits per heavy atom. The molecule has 0 saturated heterocycles. The van der Waals surface area contributed by atoms with E-state index in [1.807, 2.05) is 6.07 Å². The van der Waals surface area contributed by atoms with E-state index in [1.54, 1.807) is 11.3 Å². The van der Waals surface area contributed by atoms with E-state index in [0.29, 0.717) is 12.6 Å². The smallest absolute Gasteiger partial charge is 0.0701 e. The number of hydrogen-bond donors (Lipinski definition) is 2. The Kier molecular flexibility index (Phi) is 6.99. The van der Waals surface area contributed by atoms with Crippen LogP contribution in [-0.2, 0) is 0 Å². The predicted octanol–water partition coefficient (Wildman–Crippen LogP) is 2.58. The second-order valence-corrected chi connectivity index (χ2v) is 5.04. The highest BCUT2D eigenvalue weighted by atomic mass is 79.9. The van der Waals surface area contributed by atoms with Gasteiger partial charge in [-0.25, -0.2) is 0 Å². The average molecular weight is 287 g/mol. The van der Waals surface area contributed by atoms with Crippen molar-refractivity contribution in [1.82, 2.24) is 5.32 Å². The van der Waals surface area contributed by atoms with Crippen molar-refractivity contribution in [2.24, 2.45) is 0 Å². The highest BCUT2D eigenvalue weighted by molar-refractivity contribution is 9.11. The van der Waals surface area contributed by atoms with Gasteiger partial charge in [0.1, 0.15) is 0 Å². The molecule has 1 aromatic rings. The van der Waals surface area contributed by atoms with Crippen molar-refractivity contribution in [2.75, 3.05) is 13.2 Å². The molecule has 0 amide bonds. The van der Waals surface area contributed by atoms with Gasteiger partial charge >= 0.3 is 0 Å². The van der Waals surface area contributed by atoms with Crippen LogP contribution in [0.3, 0.4) is 0 Å². The molecule has 1 rings (SSSR count). The lowest BCUT2D eigenvalue weighted by Gasteiger charge is -2.09. The second kappa shape index (κ2) is 6.79. The fourth-order valence-electron chi connectivity index (χ4n) is 0.943. The third-order valence-electron chi connectivity index (χ3n) is 1.58. The van der Waals surface area contributed by atoms with Crippen LogP contribution in [0.1, 0.15) is 17.8 Å². The van der Waals surface area contributed by atoms with E-state index in [0.717, 1.165) is 3.79 Å². The Balaban J connectivity index is 0.00000144. The lowest BCUT2D eigenvalue weighted by Crippen LogP contribution is -2.21. The lowest BCUT2D eigenvalue weighted by molar-refractivity contribution is 0.286. The molecule has 0 aliphatic rings. The van der Waals surface area contributed by atoms with Crippen molar-refractivity contribution < 1.29 is 5.11 Å². The van der Waals surface area contributed by atoms with Crippen LogP contribution in [0.2, 0.25) is 0 Å². The summed E-state index contributed by atoms with van der Waals surface area (Å²) in [4.78, 5) is 1.29. The first-order chi connectivity index (χ1) is 5.74. The average Bonchev–Trinajstić information content (AvgIpc) is 2.47. The molecule has 1 aromatic heterocycles. The highest BCUT2D eigenvalue weighted by Crippen LogP contribution is 2.26. The third-order valence-corrected chi connectivity index (χ3v) is 3.39. The van der Waals surface area contributed by atoms with E-state index in [-0.39, 0.29) is 19.0 Å². The van der Waals surface area contributed by atoms with Gasteiger partial charge in [-0.2, -0.15) is 0 Å². The fourth-order valence-corrected chi connectivity index (χ4v) is 2.39. The van der Waals surface area contributed by atoms with Gasteiger partial charge in [-0.1, -0.05) is 0 Å². The lowest BCUT2D eigenvalue weighted by atomic mass is 10.3. The molecule has 1 atom stereocenters. The molecule has 13 heavy (non-hydrogen) atoms. The van der Waals surface area contributed by atoms with Crippen molar-refractivity contribution in [1.29, 1.82) is 0 Å². The third kappa shape index (κ3) is 4.42. The van der Waals surface area contributed by atoms with Gasteiger partial charge in [0.05, 0.1) is 10.4 Å². The summed E-state index contributed by atoms with van der Waals surface area (Å²) in [5.41, 5.74) is 0. The first-order valence-electron chi connectivity index (χ1n) is 3.83. The summed E-state index contributed by atoms with van der Waals surface area (Å²) >= 11 is 5.13. The van der Waals surface area contributed by atoms with Crippen LogP contribution in [0.15, 0.2) is 15.9 Å². The maximum absolute atomic E-state index is 8.60. The largest absolute Gasteiger partial charge is 0.395 e. The number of nitrogens with one attached hydrogen (secondary N) is 1. The molecule has 2 nitrogen and oxygen atoms in total. The molecule has 1 heterocycles. The molecule has 0 aliphatic heterocycles. The van der Waals surface area contributed by atoms with Crippen molar-refractivity contribution in [3.63, 3.8) is 0 Å². The SMILES string of the molecule is CC(NCCO)c1ccc(Br)s1.Cl. The number of aliphatic hydroxyl groups is 1. The van der Waals surface area contributed by atoms with Crippen LogP contribution < -0.4 is 5.32 Å². The zero-order valence-corrected chi connectivity index (χ0v) is 10.5. The first kappa shape index (κ1) is 13.4. The minimum atomic E-state index is 0. The van der Waals surface area contributed by atoms with E-state index in [2.05, 4.69) is 34.2 Å². The Bertz CT molecular complexity index is 244. The van der Waals surface area contributed by atoms with Gasteiger partial charge in [0.2, 0.25) is 0 Å². The summed E-state index contributed by atoms with van der Waals surface area (Å²) in [5.74, 6) is 0. The molecule has 2 N–H and O–H groups in total. The maximum atomic E-state index is 8.60. The zero-order valence-electron chi connectivity index (χ0n) is 7.29. The van der Waals surface area contributed by atoms with E-state index < -0.39 is 0 Å². The predicted molar refractivity (Wildman–Crippen MR) is 62.8 cm³/mol. The molecule has 0 aromatic carbocycles. The van der Waals surface area contributed by atoms with Gasteiger partial charge in [-0.15, -0.1) is 23.7 Å². The van der Waals surface area contributed by atoms with Gasteiger partial charge in [0.25, 0.3) is 0 Å². The van der Waals surface area contributed by atoms with Crippen LogP contribution in [0.25, 0.3) is 0 Å². The summed E-state index contributed by atoms with van der Waals surface area (Å²) in [6.45, 7) is 2.93. The second-order valence-electron chi connectivity index (χ2n) is 2.54. The van der Waals surface area contributed by atoms with Crippen LogP contribution >= 0.6 is 39.7 Å². The van der Waals surface area contributed by atoms with Crippen LogP contribution in [0, 0.1) is 0 Å². The molecule has 0 bridgehead atoms. The Morgan fingerprint density at radius 2 is 2.31 bits per heavy atom. The molecule has 0 fully saturated rings. The molecule has 76 valence electrons. The Morgan fingerprint density at radius 3 is 2.77 bits per heavy atom. The zero-order chi connectivity index (χ0) is 8.97. The Labute approximate surface area is 96.9 Å². The molecule has 0 spiro atoms. The van der Waals surface area contributed by atoms with Gasteiger partial charge < -0.3 is 10.4 Å². The number of halogens is 2. The molecular formula is C8H13BrClNOS. The maximum Gasteiger partial charge on any atom is 0.0701 e. The fraction of sp³-hybridized carbons (Fsp3) is 0.500. The summed E-state index contributed by atoms with van der Waals surface area (Å²) in [6.07, 6.45) is 0. The van der Waals surface area contributed by atoms with Crippen LogP contribution in [0.5, 0.6) is 0 Å². The van der Waals surface area contributed by atoms with Gasteiger partial charge in [0, 0.05) is 17.5 Å². The topological polar surface area (TPSA) is 32.3 Å². The summed E-state index contributed by atoms with van der Waals surface area (Å²) in [7, 11) is 0. The van der Waals surface area contributed by atoms with Crippen molar-refractivity contribution in [3.8, 4) is 0 Å².